The summed E-state index contributed by atoms with van der Waals surface area (Å²) in [6.07, 6.45) is 1.43. The third-order valence-electron chi connectivity index (χ3n) is 6.58. The maximum atomic E-state index is 10.8. The van der Waals surface area contributed by atoms with E-state index in [0.717, 1.165) is 48.2 Å². The standard InChI is InChI=1S/C27H28N4O5/c1-18-24(29-35-25(18)21-7-3-2-4-8-21)27-28-26(30-36-27)22-11-9-20(10-12-22)23(33)15-31-13-5-6-19(14-31)16-34-17-32/h2-4,7-12,17,19,23,33H,5-6,13-16H2,1H3/t19-,23?/m0/s1. The van der Waals surface area contributed by atoms with Crippen molar-refractivity contribution in [3.63, 3.8) is 0 Å². The molecule has 0 aliphatic carbocycles. The van der Waals surface area contributed by atoms with Gasteiger partial charge >= 0.3 is 0 Å². The normalized spacial score (nSPS) is 17.1. The Morgan fingerprint density at radius 3 is 2.69 bits per heavy atom. The van der Waals surface area contributed by atoms with Crippen molar-refractivity contribution in [3.8, 4) is 34.3 Å². The van der Waals surface area contributed by atoms with Gasteiger partial charge in [0.2, 0.25) is 5.82 Å². The highest BCUT2D eigenvalue weighted by Crippen LogP contribution is 2.32. The van der Waals surface area contributed by atoms with Crippen LogP contribution in [-0.4, -0.2) is 58.0 Å². The molecule has 2 aromatic heterocycles. The Morgan fingerprint density at radius 1 is 1.11 bits per heavy atom. The average Bonchev–Trinajstić information content (AvgIpc) is 3.55. The second kappa shape index (κ2) is 10.8. The lowest BCUT2D eigenvalue weighted by Crippen LogP contribution is -2.39. The zero-order chi connectivity index (χ0) is 24.9. The maximum absolute atomic E-state index is 10.8. The molecule has 0 bridgehead atoms. The first-order valence-corrected chi connectivity index (χ1v) is 12.0. The van der Waals surface area contributed by atoms with Gasteiger partial charge in [-0.25, -0.2) is 0 Å². The van der Waals surface area contributed by atoms with Crippen LogP contribution < -0.4 is 0 Å². The van der Waals surface area contributed by atoms with Gasteiger partial charge in [-0.1, -0.05) is 64.9 Å². The van der Waals surface area contributed by atoms with Gasteiger partial charge in [0.25, 0.3) is 12.4 Å². The van der Waals surface area contributed by atoms with Crippen LogP contribution in [0.15, 0.2) is 63.6 Å². The molecule has 2 aromatic carbocycles. The minimum Gasteiger partial charge on any atom is -0.468 e. The number of aliphatic hydroxyl groups is 1. The Labute approximate surface area is 208 Å². The molecule has 1 saturated heterocycles. The molecule has 0 saturated carbocycles. The first-order valence-electron chi connectivity index (χ1n) is 12.0. The molecule has 1 unspecified atom stereocenters. The lowest BCUT2D eigenvalue weighted by molar-refractivity contribution is -0.130. The molecule has 1 aliphatic heterocycles. The number of rotatable bonds is 9. The Kier molecular flexibility index (Phi) is 7.20. The molecule has 5 rings (SSSR count). The minimum absolute atomic E-state index is 0.288. The third-order valence-corrected chi connectivity index (χ3v) is 6.58. The number of piperidine rings is 1. The largest absolute Gasteiger partial charge is 0.468 e. The first-order chi connectivity index (χ1) is 17.6. The van der Waals surface area contributed by atoms with Crippen molar-refractivity contribution in [2.24, 2.45) is 5.92 Å². The summed E-state index contributed by atoms with van der Waals surface area (Å²) >= 11 is 0. The highest BCUT2D eigenvalue weighted by Gasteiger charge is 2.24. The molecule has 1 aliphatic rings. The van der Waals surface area contributed by atoms with E-state index in [2.05, 4.69) is 20.2 Å². The van der Waals surface area contributed by atoms with E-state index in [4.69, 9.17) is 13.8 Å². The molecule has 9 heteroatoms. The summed E-state index contributed by atoms with van der Waals surface area (Å²) in [5.41, 5.74) is 3.85. The fourth-order valence-electron chi connectivity index (χ4n) is 4.66. The molecule has 0 spiro atoms. The molecule has 1 N–H and O–H groups in total. The number of benzene rings is 2. The Morgan fingerprint density at radius 2 is 1.92 bits per heavy atom. The molecule has 186 valence electrons. The molecule has 1 fully saturated rings. The van der Waals surface area contributed by atoms with Gasteiger partial charge in [0, 0.05) is 35.7 Å². The monoisotopic (exact) mass is 488 g/mol. The van der Waals surface area contributed by atoms with Gasteiger partial charge in [-0.05, 0) is 31.9 Å². The van der Waals surface area contributed by atoms with Crippen LogP contribution in [0.3, 0.4) is 0 Å². The van der Waals surface area contributed by atoms with E-state index in [1.807, 2.05) is 61.5 Å². The van der Waals surface area contributed by atoms with Gasteiger partial charge in [-0.3, -0.25) is 4.79 Å². The van der Waals surface area contributed by atoms with Crippen molar-refractivity contribution in [2.75, 3.05) is 26.2 Å². The number of carbonyl (C=O) groups excluding carboxylic acids is 1. The quantitative estimate of drug-likeness (QED) is 0.345. The van der Waals surface area contributed by atoms with Crippen LogP contribution in [0.25, 0.3) is 34.3 Å². The van der Waals surface area contributed by atoms with Crippen molar-refractivity contribution in [3.05, 3.63) is 65.7 Å². The lowest BCUT2D eigenvalue weighted by Gasteiger charge is -2.33. The van der Waals surface area contributed by atoms with Crippen LogP contribution in [0.2, 0.25) is 0 Å². The van der Waals surface area contributed by atoms with Crippen molar-refractivity contribution in [1.29, 1.82) is 0 Å². The third kappa shape index (κ3) is 5.22. The Bertz CT molecular complexity index is 1290. The smallest absolute Gasteiger partial charge is 0.293 e. The molecular formula is C27H28N4O5. The second-order valence-corrected chi connectivity index (χ2v) is 9.11. The number of hydrogen-bond donors (Lipinski definition) is 1. The first kappa shape index (κ1) is 23.9. The van der Waals surface area contributed by atoms with Crippen molar-refractivity contribution in [1.82, 2.24) is 20.2 Å². The van der Waals surface area contributed by atoms with Crippen LogP contribution in [0.1, 0.15) is 30.1 Å². The lowest BCUT2D eigenvalue weighted by atomic mass is 9.98. The van der Waals surface area contributed by atoms with Crippen LogP contribution >= 0.6 is 0 Å². The van der Waals surface area contributed by atoms with E-state index < -0.39 is 6.10 Å². The van der Waals surface area contributed by atoms with Crippen LogP contribution in [0.4, 0.5) is 0 Å². The summed E-state index contributed by atoms with van der Waals surface area (Å²) in [6.45, 7) is 5.09. The second-order valence-electron chi connectivity index (χ2n) is 9.11. The van der Waals surface area contributed by atoms with Gasteiger partial charge in [0.05, 0.1) is 12.7 Å². The SMILES string of the molecule is Cc1c(-c2nc(-c3ccc(C(O)CN4CCC[C@H](COC=O)C4)cc3)no2)noc1-c1ccccc1. The van der Waals surface area contributed by atoms with E-state index in [9.17, 15) is 9.90 Å². The molecule has 9 nitrogen and oxygen atoms in total. The summed E-state index contributed by atoms with van der Waals surface area (Å²) in [5.74, 6) is 1.70. The minimum atomic E-state index is -0.625. The van der Waals surface area contributed by atoms with Crippen LogP contribution in [0.5, 0.6) is 0 Å². The highest BCUT2D eigenvalue weighted by molar-refractivity contribution is 5.69. The number of nitrogens with zero attached hydrogens (tertiary/aromatic N) is 4. The zero-order valence-electron chi connectivity index (χ0n) is 20.0. The predicted molar refractivity (Wildman–Crippen MR) is 132 cm³/mol. The number of β-amino-alcohol motifs (C(OH)–C–C–N with tert-alkyl or cyclic N) is 1. The number of ether oxygens (including phenoxy) is 1. The van der Waals surface area contributed by atoms with Gasteiger partial charge < -0.3 is 23.8 Å². The van der Waals surface area contributed by atoms with E-state index in [0.29, 0.717) is 42.8 Å². The van der Waals surface area contributed by atoms with Gasteiger partial charge in [0.1, 0.15) is 0 Å². The molecule has 3 heterocycles. The van der Waals surface area contributed by atoms with Gasteiger partial charge in [-0.2, -0.15) is 4.98 Å². The van der Waals surface area contributed by atoms with Gasteiger partial charge in [0.15, 0.2) is 11.5 Å². The number of hydrogen-bond acceptors (Lipinski definition) is 9. The summed E-state index contributed by atoms with van der Waals surface area (Å²) in [4.78, 5) is 17.2. The predicted octanol–water partition coefficient (Wildman–Crippen LogP) is 4.29. The summed E-state index contributed by atoms with van der Waals surface area (Å²) in [6, 6.07) is 17.2. The Balaban J connectivity index is 1.24. The summed E-state index contributed by atoms with van der Waals surface area (Å²) in [5, 5.41) is 19.0. The number of carbonyl (C=O) groups is 1. The van der Waals surface area contributed by atoms with Crippen LogP contribution in [-0.2, 0) is 9.53 Å². The van der Waals surface area contributed by atoms with E-state index >= 15 is 0 Å². The summed E-state index contributed by atoms with van der Waals surface area (Å²) in [7, 11) is 0. The fourth-order valence-corrected chi connectivity index (χ4v) is 4.66. The molecular weight excluding hydrogens is 460 g/mol. The highest BCUT2D eigenvalue weighted by atomic mass is 16.5. The van der Waals surface area contributed by atoms with Crippen molar-refractivity contribution in [2.45, 2.75) is 25.9 Å². The van der Waals surface area contributed by atoms with E-state index in [-0.39, 0.29) is 5.89 Å². The maximum Gasteiger partial charge on any atom is 0.293 e. The molecule has 4 aromatic rings. The zero-order valence-corrected chi connectivity index (χ0v) is 20.0. The van der Waals surface area contributed by atoms with E-state index in [1.165, 1.54) is 0 Å². The molecule has 2 atom stereocenters. The number of likely N-dealkylation sites (tertiary alicyclic amines) is 1. The molecule has 36 heavy (non-hydrogen) atoms. The number of aliphatic hydroxyl groups excluding tert-OH is 1. The average molecular weight is 489 g/mol. The van der Waals surface area contributed by atoms with Crippen LogP contribution in [0, 0.1) is 12.8 Å². The van der Waals surface area contributed by atoms with Crippen molar-refractivity contribution >= 4 is 6.47 Å². The van der Waals surface area contributed by atoms with Gasteiger partial charge in [-0.15, -0.1) is 0 Å². The topological polar surface area (TPSA) is 115 Å². The summed E-state index contributed by atoms with van der Waals surface area (Å²) < 4.78 is 16.0. The Hall–Kier alpha value is -3.82. The number of aromatic nitrogens is 3. The van der Waals surface area contributed by atoms with E-state index in [1.54, 1.807) is 0 Å². The molecule has 0 radical (unpaired) electrons. The molecule has 0 amide bonds. The van der Waals surface area contributed by atoms with Crippen molar-refractivity contribution < 1.29 is 23.7 Å². The fraction of sp³-hybridized carbons (Fsp3) is 0.333.